The van der Waals surface area contributed by atoms with Crippen molar-refractivity contribution in [3.63, 3.8) is 0 Å². The quantitative estimate of drug-likeness (QED) is 0.595. The molecule has 0 spiro atoms. The first-order chi connectivity index (χ1) is 6.57. The van der Waals surface area contributed by atoms with Gasteiger partial charge >= 0.3 is 5.97 Å². The number of ether oxygens (including phenoxy) is 1. The van der Waals surface area contributed by atoms with Crippen molar-refractivity contribution in [1.82, 2.24) is 20.2 Å². The lowest BCUT2D eigenvalue weighted by molar-refractivity contribution is -0.146. The van der Waals surface area contributed by atoms with Crippen molar-refractivity contribution >= 4 is 18.2 Å². The predicted molar refractivity (Wildman–Crippen MR) is 51.1 cm³/mol. The number of aromatic amines is 1. The minimum Gasteiger partial charge on any atom is -0.467 e. The molecule has 1 aromatic heterocycles. The Morgan fingerprint density at radius 2 is 2.29 bits per heavy atom. The Hall–Kier alpha value is -1.24. The Kier molecular flexibility index (Phi) is 3.34. The highest BCUT2D eigenvalue weighted by Crippen LogP contribution is 2.17. The number of esters is 1. The maximum atomic E-state index is 11.4. The first-order valence-electron chi connectivity index (χ1n) is 4.15. The summed E-state index contributed by atoms with van der Waals surface area (Å²) in [7, 11) is 1.34. The van der Waals surface area contributed by atoms with E-state index in [1.54, 1.807) is 0 Å². The van der Waals surface area contributed by atoms with Crippen LogP contribution in [0.4, 0.5) is 0 Å². The normalized spacial score (nSPS) is 12.9. The van der Waals surface area contributed by atoms with E-state index in [9.17, 15) is 4.79 Å². The van der Waals surface area contributed by atoms with Gasteiger partial charge in [0.15, 0.2) is 6.04 Å². The van der Waals surface area contributed by atoms with E-state index in [1.807, 2.05) is 13.8 Å². The van der Waals surface area contributed by atoms with E-state index in [0.29, 0.717) is 0 Å². The Labute approximate surface area is 86.2 Å². The standard InChI is InChI=1S/C7H12N4O2S/c1-4(2)5(6(12)13-3)11-7(14)8-9-10-11/h4-5H,1-3H3,(H,8,10,14). The van der Waals surface area contributed by atoms with Gasteiger partial charge in [0.25, 0.3) is 0 Å². The maximum Gasteiger partial charge on any atom is 0.331 e. The molecule has 0 amide bonds. The van der Waals surface area contributed by atoms with Crippen LogP contribution in [0.25, 0.3) is 0 Å². The molecule has 1 rings (SSSR count). The average molecular weight is 216 g/mol. The lowest BCUT2D eigenvalue weighted by Crippen LogP contribution is -2.26. The highest BCUT2D eigenvalue weighted by molar-refractivity contribution is 7.71. The number of hydrogen-bond acceptors (Lipinski definition) is 5. The maximum absolute atomic E-state index is 11.4. The summed E-state index contributed by atoms with van der Waals surface area (Å²) in [6, 6.07) is -0.498. The van der Waals surface area contributed by atoms with Crippen LogP contribution in [-0.2, 0) is 9.53 Å². The molecule has 0 radical (unpaired) electrons. The van der Waals surface area contributed by atoms with Crippen LogP contribution in [0.1, 0.15) is 19.9 Å². The Bertz CT molecular complexity index is 370. The van der Waals surface area contributed by atoms with Crippen LogP contribution in [0.15, 0.2) is 0 Å². The molecular weight excluding hydrogens is 204 g/mol. The van der Waals surface area contributed by atoms with Crippen LogP contribution in [0.2, 0.25) is 0 Å². The molecular formula is C7H12N4O2S. The molecule has 1 N–H and O–H groups in total. The average Bonchev–Trinajstić information content (AvgIpc) is 2.52. The summed E-state index contributed by atoms with van der Waals surface area (Å²) in [5, 5.41) is 9.67. The fourth-order valence-electron chi connectivity index (χ4n) is 1.18. The van der Waals surface area contributed by atoms with Gasteiger partial charge in [-0.25, -0.2) is 9.48 Å². The van der Waals surface area contributed by atoms with Crippen LogP contribution in [-0.4, -0.2) is 33.3 Å². The van der Waals surface area contributed by atoms with Crippen molar-refractivity contribution in [3.8, 4) is 0 Å². The minimum absolute atomic E-state index is 0.0522. The van der Waals surface area contributed by atoms with Crippen LogP contribution in [0, 0.1) is 10.7 Å². The van der Waals surface area contributed by atoms with Crippen molar-refractivity contribution in [3.05, 3.63) is 4.77 Å². The summed E-state index contributed by atoms with van der Waals surface area (Å²) in [6.45, 7) is 3.79. The van der Waals surface area contributed by atoms with Gasteiger partial charge in [0.05, 0.1) is 7.11 Å². The zero-order chi connectivity index (χ0) is 10.7. The number of aromatic nitrogens is 4. The van der Waals surface area contributed by atoms with Crippen molar-refractivity contribution in [2.24, 2.45) is 5.92 Å². The minimum atomic E-state index is -0.498. The summed E-state index contributed by atoms with van der Waals surface area (Å²) in [5.74, 6) is -0.307. The van der Waals surface area contributed by atoms with Gasteiger partial charge in [-0.15, -0.1) is 0 Å². The second-order valence-corrected chi connectivity index (χ2v) is 3.53. The Morgan fingerprint density at radius 3 is 2.64 bits per heavy atom. The summed E-state index contributed by atoms with van der Waals surface area (Å²) < 4.78 is 6.34. The van der Waals surface area contributed by atoms with E-state index in [4.69, 9.17) is 12.2 Å². The fourth-order valence-corrected chi connectivity index (χ4v) is 1.38. The van der Waals surface area contributed by atoms with E-state index >= 15 is 0 Å². The van der Waals surface area contributed by atoms with Crippen LogP contribution >= 0.6 is 12.2 Å². The molecule has 1 unspecified atom stereocenters. The number of tetrazole rings is 1. The molecule has 0 aliphatic rings. The summed E-state index contributed by atoms with van der Waals surface area (Å²) in [4.78, 5) is 11.4. The van der Waals surface area contributed by atoms with Crippen molar-refractivity contribution in [1.29, 1.82) is 0 Å². The number of hydrogen-bond donors (Lipinski definition) is 1. The van der Waals surface area contributed by atoms with Gasteiger partial charge in [-0.1, -0.05) is 24.2 Å². The number of nitrogens with zero attached hydrogens (tertiary/aromatic N) is 3. The molecule has 0 saturated heterocycles. The first kappa shape index (κ1) is 10.8. The second-order valence-electron chi connectivity index (χ2n) is 3.16. The topological polar surface area (TPSA) is 72.8 Å². The number of rotatable bonds is 3. The molecule has 0 aliphatic carbocycles. The number of methoxy groups -OCH3 is 1. The van der Waals surface area contributed by atoms with Gasteiger partial charge in [-0.3, -0.25) is 0 Å². The molecule has 1 atom stereocenters. The molecule has 7 heteroatoms. The predicted octanol–water partition coefficient (Wildman–Crippen LogP) is 0.706. The zero-order valence-corrected chi connectivity index (χ0v) is 9.04. The van der Waals surface area contributed by atoms with Gasteiger partial charge < -0.3 is 4.74 Å². The van der Waals surface area contributed by atoms with Crippen LogP contribution < -0.4 is 0 Å². The van der Waals surface area contributed by atoms with Gasteiger partial charge in [0.1, 0.15) is 0 Å². The van der Waals surface area contributed by atoms with Crippen LogP contribution in [0.3, 0.4) is 0 Å². The Morgan fingerprint density at radius 1 is 1.64 bits per heavy atom. The van der Waals surface area contributed by atoms with E-state index in [2.05, 4.69) is 20.3 Å². The van der Waals surface area contributed by atoms with E-state index in [1.165, 1.54) is 11.8 Å². The molecule has 6 nitrogen and oxygen atoms in total. The lowest BCUT2D eigenvalue weighted by atomic mass is 10.1. The number of nitrogens with one attached hydrogen (secondary N) is 1. The van der Waals surface area contributed by atoms with Crippen molar-refractivity contribution < 1.29 is 9.53 Å². The highest BCUT2D eigenvalue weighted by atomic mass is 32.1. The number of carbonyl (C=O) groups is 1. The molecule has 0 aromatic carbocycles. The van der Waals surface area contributed by atoms with Gasteiger partial charge in [-0.05, 0) is 18.1 Å². The number of H-pyrrole nitrogens is 1. The molecule has 0 saturated carbocycles. The number of carbonyl (C=O) groups excluding carboxylic acids is 1. The van der Waals surface area contributed by atoms with E-state index in [-0.39, 0.29) is 16.7 Å². The summed E-state index contributed by atoms with van der Waals surface area (Å²) in [6.07, 6.45) is 0. The second kappa shape index (κ2) is 4.32. The molecule has 0 fully saturated rings. The van der Waals surface area contributed by atoms with Crippen molar-refractivity contribution in [2.45, 2.75) is 19.9 Å². The SMILES string of the molecule is COC(=O)C(C(C)C)n1[nH]nnc1=S. The zero-order valence-electron chi connectivity index (χ0n) is 8.22. The Balaban J connectivity index is 3.07. The first-order valence-corrected chi connectivity index (χ1v) is 4.56. The molecule has 0 aliphatic heterocycles. The van der Waals surface area contributed by atoms with Crippen molar-refractivity contribution in [2.75, 3.05) is 7.11 Å². The van der Waals surface area contributed by atoms with Crippen LogP contribution in [0.5, 0.6) is 0 Å². The summed E-state index contributed by atoms with van der Waals surface area (Å²) >= 11 is 4.90. The molecule has 0 bridgehead atoms. The molecule has 1 aromatic rings. The molecule has 78 valence electrons. The van der Waals surface area contributed by atoms with E-state index in [0.717, 1.165) is 0 Å². The van der Waals surface area contributed by atoms with Gasteiger partial charge in [0.2, 0.25) is 4.77 Å². The lowest BCUT2D eigenvalue weighted by Gasteiger charge is -2.17. The summed E-state index contributed by atoms with van der Waals surface area (Å²) in [5.41, 5.74) is 0. The third-order valence-corrected chi connectivity index (χ3v) is 2.12. The monoisotopic (exact) mass is 216 g/mol. The molecule has 14 heavy (non-hydrogen) atoms. The third kappa shape index (κ3) is 1.98. The highest BCUT2D eigenvalue weighted by Gasteiger charge is 2.26. The fraction of sp³-hybridized carbons (Fsp3) is 0.714. The van der Waals surface area contributed by atoms with Gasteiger partial charge in [-0.2, -0.15) is 5.21 Å². The third-order valence-electron chi connectivity index (χ3n) is 1.85. The smallest absolute Gasteiger partial charge is 0.331 e. The van der Waals surface area contributed by atoms with E-state index < -0.39 is 6.04 Å². The molecule has 1 heterocycles. The van der Waals surface area contributed by atoms with Gasteiger partial charge in [0, 0.05) is 0 Å². The largest absolute Gasteiger partial charge is 0.467 e.